The number of urea groups is 1. The number of hydrogen-bond donors (Lipinski definition) is 1. The van der Waals surface area contributed by atoms with Gasteiger partial charge in [0, 0.05) is 49.2 Å². The molecule has 0 atom stereocenters. The lowest BCUT2D eigenvalue weighted by Crippen LogP contribution is -2.49. The minimum absolute atomic E-state index is 0.116. The number of carboxylic acid groups (broad SMARTS) is 1. The fourth-order valence-electron chi connectivity index (χ4n) is 4.48. The molecule has 9 nitrogen and oxygen atoms in total. The van der Waals surface area contributed by atoms with Crippen molar-refractivity contribution in [1.82, 2.24) is 14.5 Å². The Kier molecular flexibility index (Phi) is 8.20. The number of aliphatic carboxylic acids is 1. The van der Waals surface area contributed by atoms with Gasteiger partial charge in [-0.2, -0.15) is 0 Å². The van der Waals surface area contributed by atoms with Crippen LogP contribution in [-0.4, -0.2) is 58.4 Å². The highest BCUT2D eigenvalue weighted by molar-refractivity contribution is 6.35. The molecule has 0 bridgehead atoms. The Bertz CT molecular complexity index is 1240. The van der Waals surface area contributed by atoms with Crippen LogP contribution in [0.25, 0.3) is 11.0 Å². The number of carbonyl (C=O) groups is 2. The van der Waals surface area contributed by atoms with Gasteiger partial charge in [-0.3, -0.25) is 9.69 Å². The van der Waals surface area contributed by atoms with Crippen molar-refractivity contribution in [2.24, 2.45) is 0 Å². The van der Waals surface area contributed by atoms with Gasteiger partial charge in [-0.15, -0.1) is 0 Å². The maximum absolute atomic E-state index is 13.5. The monoisotopic (exact) mass is 514 g/mol. The highest BCUT2D eigenvalue weighted by Gasteiger charge is 2.28. The number of benzene rings is 1. The van der Waals surface area contributed by atoms with E-state index in [-0.39, 0.29) is 12.6 Å². The van der Waals surface area contributed by atoms with E-state index in [1.165, 1.54) is 4.57 Å². The van der Waals surface area contributed by atoms with Crippen LogP contribution in [-0.2, 0) is 17.9 Å². The van der Waals surface area contributed by atoms with Crippen molar-refractivity contribution in [3.63, 3.8) is 0 Å². The van der Waals surface area contributed by atoms with Gasteiger partial charge in [0.1, 0.15) is 12.2 Å². The molecule has 0 aliphatic carbocycles. The third kappa shape index (κ3) is 5.51. The first-order valence-corrected chi connectivity index (χ1v) is 12.5. The van der Waals surface area contributed by atoms with Crippen LogP contribution in [0.5, 0.6) is 11.5 Å². The lowest BCUT2D eigenvalue weighted by molar-refractivity contribution is -0.137. The largest absolute Gasteiger partial charge is 0.493 e. The van der Waals surface area contributed by atoms with Gasteiger partial charge >= 0.3 is 12.0 Å². The molecular weight excluding hydrogens is 484 g/mol. The summed E-state index contributed by atoms with van der Waals surface area (Å²) >= 11 is 6.46. The van der Waals surface area contributed by atoms with E-state index in [4.69, 9.17) is 21.1 Å². The Morgan fingerprint density at radius 2 is 2.03 bits per heavy atom. The van der Waals surface area contributed by atoms with Gasteiger partial charge in [0.25, 0.3) is 0 Å². The number of carboxylic acids is 1. The van der Waals surface area contributed by atoms with Crippen molar-refractivity contribution in [3.8, 4) is 11.5 Å². The molecule has 2 amide bonds. The van der Waals surface area contributed by atoms with Gasteiger partial charge in [0.05, 0.1) is 18.7 Å². The first kappa shape index (κ1) is 25.6. The van der Waals surface area contributed by atoms with Crippen molar-refractivity contribution >= 4 is 40.3 Å². The molecule has 0 spiro atoms. The van der Waals surface area contributed by atoms with Crippen LogP contribution >= 0.6 is 11.6 Å². The van der Waals surface area contributed by atoms with E-state index in [0.29, 0.717) is 53.8 Å². The third-order valence-electron chi connectivity index (χ3n) is 6.24. The van der Waals surface area contributed by atoms with E-state index in [2.05, 4.69) is 11.9 Å². The van der Waals surface area contributed by atoms with Crippen LogP contribution in [0.1, 0.15) is 38.2 Å². The first-order valence-electron chi connectivity index (χ1n) is 12.1. The average molecular weight is 515 g/mol. The second kappa shape index (κ2) is 11.5. The van der Waals surface area contributed by atoms with E-state index in [1.54, 1.807) is 29.3 Å². The summed E-state index contributed by atoms with van der Waals surface area (Å²) in [4.78, 5) is 32.6. The molecule has 0 radical (unpaired) electrons. The van der Waals surface area contributed by atoms with Gasteiger partial charge in [-0.05, 0) is 36.6 Å². The Balaban J connectivity index is 1.55. The summed E-state index contributed by atoms with van der Waals surface area (Å²) in [6.45, 7) is 4.03. The van der Waals surface area contributed by atoms with Crippen LogP contribution < -0.4 is 14.4 Å². The molecule has 3 aromatic rings. The number of fused-ring (bicyclic) bond motifs is 1. The molecule has 2 aromatic heterocycles. The summed E-state index contributed by atoms with van der Waals surface area (Å²) in [5, 5.41) is 10.3. The predicted molar refractivity (Wildman–Crippen MR) is 138 cm³/mol. The topological polar surface area (TPSA) is 97.1 Å². The number of aromatic nitrogens is 2. The van der Waals surface area contributed by atoms with Gasteiger partial charge in [0.2, 0.25) is 0 Å². The van der Waals surface area contributed by atoms with E-state index in [1.807, 2.05) is 24.3 Å². The Hall–Kier alpha value is -3.46. The molecule has 0 saturated carbocycles. The normalized spacial score (nSPS) is 13.9. The van der Waals surface area contributed by atoms with Crippen LogP contribution in [0.15, 0.2) is 36.7 Å². The quantitative estimate of drug-likeness (QED) is 0.354. The molecular formula is C26H31ClN4O5. The van der Waals surface area contributed by atoms with E-state index >= 15 is 0 Å². The van der Waals surface area contributed by atoms with Crippen LogP contribution in [0.3, 0.4) is 0 Å². The van der Waals surface area contributed by atoms with Crippen molar-refractivity contribution < 1.29 is 24.2 Å². The number of halogens is 1. The molecule has 1 N–H and O–H groups in total. The number of nitrogens with zero attached hydrogens (tertiary/aromatic N) is 4. The lowest BCUT2D eigenvalue weighted by atomic mass is 10.1. The fourth-order valence-corrected chi connectivity index (χ4v) is 4.81. The van der Waals surface area contributed by atoms with Gasteiger partial charge in [-0.1, -0.05) is 31.4 Å². The molecule has 192 valence electrons. The van der Waals surface area contributed by atoms with E-state index < -0.39 is 5.97 Å². The summed E-state index contributed by atoms with van der Waals surface area (Å²) in [5.74, 6) is 0.278. The number of methoxy groups -OCH3 is 1. The number of amides is 2. The lowest BCUT2D eigenvalue weighted by Gasteiger charge is -2.36. The number of anilines is 1. The van der Waals surface area contributed by atoms with E-state index in [9.17, 15) is 14.7 Å². The number of carbonyl (C=O) groups excluding carboxylic acids is 1. The highest BCUT2D eigenvalue weighted by atomic mass is 35.5. The maximum Gasteiger partial charge on any atom is 0.324 e. The molecule has 1 aliphatic rings. The van der Waals surface area contributed by atoms with Crippen LogP contribution in [0.2, 0.25) is 5.02 Å². The van der Waals surface area contributed by atoms with Crippen molar-refractivity contribution in [2.45, 2.75) is 45.7 Å². The Morgan fingerprint density at radius 3 is 2.78 bits per heavy atom. The summed E-state index contributed by atoms with van der Waals surface area (Å²) in [7, 11) is 1.60. The molecule has 3 heterocycles. The second-order valence-electron chi connectivity index (χ2n) is 8.77. The number of pyridine rings is 1. The highest BCUT2D eigenvalue weighted by Crippen LogP contribution is 2.34. The zero-order valence-corrected chi connectivity index (χ0v) is 21.3. The third-order valence-corrected chi connectivity index (χ3v) is 6.53. The molecule has 36 heavy (non-hydrogen) atoms. The second-order valence-corrected chi connectivity index (χ2v) is 9.17. The minimum Gasteiger partial charge on any atom is -0.493 e. The molecule has 1 aromatic carbocycles. The Labute approximate surface area is 215 Å². The standard InChI is InChI=1S/C26H31ClN4O5/c1-3-4-5-13-36-22-14-19(7-8-21(22)35-2)31-12-6-11-29(26(31)34)15-18-9-10-28-25-24(18)20(27)16-30(25)17-23(32)33/h7-10,14,16H,3-6,11-13,15,17H2,1-2H3,(H,32,33). The molecule has 0 unspecified atom stereocenters. The molecule has 1 aliphatic heterocycles. The van der Waals surface area contributed by atoms with Crippen LogP contribution in [0.4, 0.5) is 10.5 Å². The summed E-state index contributed by atoms with van der Waals surface area (Å²) < 4.78 is 12.9. The van der Waals surface area contributed by atoms with Crippen molar-refractivity contribution in [3.05, 3.63) is 47.2 Å². The van der Waals surface area contributed by atoms with Crippen molar-refractivity contribution in [2.75, 3.05) is 31.7 Å². The number of ether oxygens (including phenoxy) is 2. The zero-order chi connectivity index (χ0) is 25.7. The summed E-state index contributed by atoms with van der Waals surface area (Å²) in [6.07, 6.45) is 7.14. The molecule has 4 rings (SSSR count). The number of unbranched alkanes of at least 4 members (excludes halogenated alkanes) is 2. The molecule has 1 fully saturated rings. The zero-order valence-electron chi connectivity index (χ0n) is 20.6. The SMILES string of the molecule is CCCCCOc1cc(N2CCCN(Cc3ccnc4c3c(Cl)cn4CC(=O)O)C2=O)ccc1OC. The van der Waals surface area contributed by atoms with Crippen LogP contribution in [0, 0.1) is 0 Å². The van der Waals surface area contributed by atoms with Crippen molar-refractivity contribution in [1.29, 1.82) is 0 Å². The number of rotatable bonds is 11. The summed E-state index contributed by atoms with van der Waals surface area (Å²) in [6, 6.07) is 7.26. The first-order chi connectivity index (χ1) is 17.4. The Morgan fingerprint density at radius 1 is 1.19 bits per heavy atom. The maximum atomic E-state index is 13.5. The van der Waals surface area contributed by atoms with Gasteiger partial charge in [0.15, 0.2) is 11.5 Å². The minimum atomic E-state index is -0.981. The summed E-state index contributed by atoms with van der Waals surface area (Å²) in [5.41, 5.74) is 2.06. The molecule has 1 saturated heterocycles. The fraction of sp³-hybridized carbons (Fsp3) is 0.423. The molecule has 10 heteroatoms. The van der Waals surface area contributed by atoms with E-state index in [0.717, 1.165) is 36.9 Å². The number of hydrogen-bond acceptors (Lipinski definition) is 5. The smallest absolute Gasteiger partial charge is 0.324 e. The average Bonchev–Trinajstić information content (AvgIpc) is 3.18. The predicted octanol–water partition coefficient (Wildman–Crippen LogP) is 5.18. The van der Waals surface area contributed by atoms with Gasteiger partial charge < -0.3 is 24.0 Å². The van der Waals surface area contributed by atoms with Gasteiger partial charge in [-0.25, -0.2) is 9.78 Å².